The van der Waals surface area contributed by atoms with Crippen LogP contribution in [0.2, 0.25) is 0 Å². The molecule has 0 aliphatic carbocycles. The van der Waals surface area contributed by atoms with Crippen LogP contribution in [0.25, 0.3) is 0 Å². The lowest BCUT2D eigenvalue weighted by atomic mass is 10.2. The molecule has 0 bridgehead atoms. The van der Waals surface area contributed by atoms with Crippen LogP contribution < -0.4 is 5.73 Å². The van der Waals surface area contributed by atoms with Gasteiger partial charge in [0, 0.05) is 0 Å². The molecule has 2 N–H and O–H groups in total. The second-order valence-electron chi connectivity index (χ2n) is 2.05. The maximum atomic E-state index is 10.7. The molecule has 0 unspecified atom stereocenters. The van der Waals surface area contributed by atoms with Crippen molar-refractivity contribution < 1.29 is 9.00 Å². The van der Waals surface area contributed by atoms with E-state index in [1.54, 1.807) is 18.2 Å². The summed E-state index contributed by atoms with van der Waals surface area (Å²) in [5.74, 6) is -0.580. The summed E-state index contributed by atoms with van der Waals surface area (Å²) in [6.07, 6.45) is 0. The van der Waals surface area contributed by atoms with Crippen LogP contribution in [0, 0.1) is 0 Å². The van der Waals surface area contributed by atoms with Crippen LogP contribution in [-0.2, 0) is 11.5 Å². The Morgan fingerprint density at radius 2 is 2.08 bits per heavy atom. The molecule has 0 saturated carbocycles. The smallest absolute Gasteiger partial charge is 0.250 e. The van der Waals surface area contributed by atoms with Crippen LogP contribution in [-0.4, -0.2) is 10.1 Å². The van der Waals surface area contributed by atoms with Gasteiger partial charge in [-0.15, -0.1) is 0 Å². The molecule has 0 spiro atoms. The Morgan fingerprint density at radius 3 is 2.67 bits per heavy atom. The number of carbonyl (C=O) groups excluding carboxylic acids is 1. The minimum Gasteiger partial charge on any atom is -0.366 e. The van der Waals surface area contributed by atoms with Crippen molar-refractivity contribution in [2.24, 2.45) is 10.1 Å². The van der Waals surface area contributed by atoms with E-state index < -0.39 is 5.91 Å². The van der Waals surface area contributed by atoms with E-state index in [4.69, 9.17) is 5.73 Å². The van der Waals surface area contributed by atoms with Crippen molar-refractivity contribution in [1.29, 1.82) is 0 Å². The summed E-state index contributed by atoms with van der Waals surface area (Å²) in [7, 11) is 0. The number of primary amides is 1. The van der Waals surface area contributed by atoms with Gasteiger partial charge in [0.25, 0.3) is 5.91 Å². The van der Waals surface area contributed by atoms with Crippen molar-refractivity contribution in [3.63, 3.8) is 0 Å². The largest absolute Gasteiger partial charge is 0.366 e. The molecule has 4 nitrogen and oxygen atoms in total. The zero-order valence-electron chi connectivity index (χ0n) is 6.06. The summed E-state index contributed by atoms with van der Waals surface area (Å²) in [6.45, 7) is 0. The Hall–Kier alpha value is -1.49. The molecule has 5 heteroatoms. The van der Waals surface area contributed by atoms with Gasteiger partial charge in [0.15, 0.2) is 0 Å². The minimum atomic E-state index is -0.580. The number of benzene rings is 1. The molecule has 12 heavy (non-hydrogen) atoms. The lowest BCUT2D eigenvalue weighted by molar-refractivity contribution is 0.100. The fourth-order valence-corrected chi connectivity index (χ4v) is 1.04. The zero-order valence-corrected chi connectivity index (χ0v) is 6.88. The highest BCUT2D eigenvalue weighted by atomic mass is 32.1. The monoisotopic (exact) mass is 182 g/mol. The lowest BCUT2D eigenvalue weighted by Gasteiger charge is -1.96. The van der Waals surface area contributed by atoms with Crippen molar-refractivity contribution in [3.05, 3.63) is 29.8 Å². The first-order chi connectivity index (χ1) is 5.75. The molecule has 62 valence electrons. The summed E-state index contributed by atoms with van der Waals surface area (Å²) in [5.41, 5.74) is 5.62. The number of carbonyl (C=O) groups is 1. The molecule has 0 heterocycles. The third-order valence-corrected chi connectivity index (χ3v) is 1.58. The predicted molar refractivity (Wildman–Crippen MR) is 45.2 cm³/mol. The van der Waals surface area contributed by atoms with Crippen molar-refractivity contribution in [2.45, 2.75) is 0 Å². The van der Waals surface area contributed by atoms with Crippen molar-refractivity contribution in [1.82, 2.24) is 0 Å². The Kier molecular flexibility index (Phi) is 2.71. The average Bonchev–Trinajstić information content (AvgIpc) is 2.05. The van der Waals surface area contributed by atoms with Gasteiger partial charge in [0.2, 0.25) is 11.5 Å². The Labute approximate surface area is 72.6 Å². The molecule has 1 rings (SSSR count). The van der Waals surface area contributed by atoms with E-state index in [2.05, 4.69) is 4.36 Å². The summed E-state index contributed by atoms with van der Waals surface area (Å²) in [4.78, 5) is 10.7. The van der Waals surface area contributed by atoms with Crippen LogP contribution in [0.1, 0.15) is 10.4 Å². The third kappa shape index (κ3) is 1.76. The quantitative estimate of drug-likeness (QED) is 0.735. The standard InChI is InChI=1S/C7H6N2O2S/c8-7(10)5-3-1-2-4-6(5)9-12-11/h1-4H,(H2,8,10). The summed E-state index contributed by atoms with van der Waals surface area (Å²) in [5, 5.41) is 0. The van der Waals surface area contributed by atoms with Gasteiger partial charge in [-0.3, -0.25) is 4.79 Å². The van der Waals surface area contributed by atoms with Crippen LogP contribution >= 0.6 is 0 Å². The van der Waals surface area contributed by atoms with Crippen LogP contribution in [0.5, 0.6) is 0 Å². The van der Waals surface area contributed by atoms with Gasteiger partial charge in [-0.2, -0.15) is 8.57 Å². The maximum absolute atomic E-state index is 10.7. The molecule has 0 aliphatic heterocycles. The maximum Gasteiger partial charge on any atom is 0.250 e. The van der Waals surface area contributed by atoms with Crippen molar-refractivity contribution in [2.75, 3.05) is 0 Å². The first kappa shape index (κ1) is 8.61. The van der Waals surface area contributed by atoms with E-state index in [0.717, 1.165) is 0 Å². The molecular formula is C7H6N2O2S. The molecular weight excluding hydrogens is 176 g/mol. The number of nitrogens with zero attached hydrogens (tertiary/aromatic N) is 1. The van der Waals surface area contributed by atoms with Gasteiger partial charge < -0.3 is 5.73 Å². The summed E-state index contributed by atoms with van der Waals surface area (Å²) in [6, 6.07) is 6.43. The Bertz CT molecular complexity index is 337. The lowest BCUT2D eigenvalue weighted by Crippen LogP contribution is -2.10. The SMILES string of the molecule is NC(=O)c1ccccc1N=S=O. The number of nitrogens with two attached hydrogens (primary N) is 1. The van der Waals surface area contributed by atoms with Crippen LogP contribution in [0.15, 0.2) is 28.6 Å². The number of amides is 1. The highest BCUT2D eigenvalue weighted by Crippen LogP contribution is 2.16. The van der Waals surface area contributed by atoms with E-state index >= 15 is 0 Å². The van der Waals surface area contributed by atoms with E-state index in [9.17, 15) is 9.00 Å². The number of rotatable bonds is 2. The molecule has 1 amide bonds. The van der Waals surface area contributed by atoms with E-state index in [0.29, 0.717) is 5.69 Å². The zero-order chi connectivity index (χ0) is 8.97. The van der Waals surface area contributed by atoms with Gasteiger partial charge in [-0.25, -0.2) is 0 Å². The first-order valence-electron chi connectivity index (χ1n) is 3.14. The molecule has 0 fully saturated rings. The molecule has 0 saturated heterocycles. The van der Waals surface area contributed by atoms with Gasteiger partial charge in [-0.05, 0) is 12.1 Å². The second-order valence-corrected chi connectivity index (χ2v) is 2.38. The van der Waals surface area contributed by atoms with Gasteiger partial charge >= 0.3 is 0 Å². The van der Waals surface area contributed by atoms with E-state index in [1.807, 2.05) is 0 Å². The van der Waals surface area contributed by atoms with Crippen molar-refractivity contribution >= 4 is 23.1 Å². The highest BCUT2D eigenvalue weighted by molar-refractivity contribution is 7.54. The van der Waals surface area contributed by atoms with Gasteiger partial charge in [0.1, 0.15) is 0 Å². The fraction of sp³-hybridized carbons (Fsp3) is 0. The van der Waals surface area contributed by atoms with E-state index in [1.165, 1.54) is 6.07 Å². The summed E-state index contributed by atoms with van der Waals surface area (Å²) < 4.78 is 13.6. The number of hydrogen-bond acceptors (Lipinski definition) is 3. The molecule has 0 aromatic heterocycles. The minimum absolute atomic E-state index is 0.0535. The summed E-state index contributed by atoms with van der Waals surface area (Å²) >= 11 is 0.0535. The third-order valence-electron chi connectivity index (χ3n) is 1.31. The van der Waals surface area contributed by atoms with Gasteiger partial charge in [-0.1, -0.05) is 12.1 Å². The molecule has 1 aromatic carbocycles. The topological polar surface area (TPSA) is 72.5 Å². The Morgan fingerprint density at radius 1 is 1.42 bits per heavy atom. The normalized spacial score (nSPS) is 9.00. The fourth-order valence-electron chi connectivity index (χ4n) is 0.802. The van der Waals surface area contributed by atoms with Gasteiger partial charge in [0.05, 0.1) is 11.3 Å². The van der Waals surface area contributed by atoms with Crippen LogP contribution in [0.3, 0.4) is 0 Å². The predicted octanol–water partition coefficient (Wildman–Crippen LogP) is 0.814. The Balaban J connectivity index is 3.26. The molecule has 0 atom stereocenters. The number of hydrogen-bond donors (Lipinski definition) is 1. The molecule has 0 aliphatic rings. The highest BCUT2D eigenvalue weighted by Gasteiger charge is 2.04. The van der Waals surface area contributed by atoms with Crippen LogP contribution in [0.4, 0.5) is 5.69 Å². The second kappa shape index (κ2) is 3.77. The average molecular weight is 182 g/mol. The van der Waals surface area contributed by atoms with E-state index in [-0.39, 0.29) is 17.0 Å². The van der Waals surface area contributed by atoms with Crippen molar-refractivity contribution in [3.8, 4) is 0 Å². The first-order valence-corrected chi connectivity index (χ1v) is 3.84. The molecule has 0 radical (unpaired) electrons. The molecule has 1 aromatic rings.